The average molecular weight is 334 g/mol. The number of hydrogen-bond acceptors (Lipinski definition) is 3. The average Bonchev–Trinajstić information content (AvgIpc) is 3.07. The zero-order chi connectivity index (χ0) is 17.0. The molecule has 0 bridgehead atoms. The van der Waals surface area contributed by atoms with Gasteiger partial charge in [-0.15, -0.1) is 0 Å². The monoisotopic (exact) mass is 334 g/mol. The quantitative estimate of drug-likeness (QED) is 0.899. The smallest absolute Gasteiger partial charge is 0.220 e. The van der Waals surface area contributed by atoms with E-state index in [1.54, 1.807) is 19.2 Å². The molecule has 0 saturated carbocycles. The van der Waals surface area contributed by atoms with Gasteiger partial charge in [-0.3, -0.25) is 4.79 Å². The summed E-state index contributed by atoms with van der Waals surface area (Å²) in [6.07, 6.45) is 3.74. The van der Waals surface area contributed by atoms with Crippen LogP contribution >= 0.6 is 0 Å². The molecule has 1 N–H and O–H groups in total. The summed E-state index contributed by atoms with van der Waals surface area (Å²) in [5.41, 5.74) is 1.15. The van der Waals surface area contributed by atoms with Crippen LogP contribution in [0.5, 0.6) is 0 Å². The fraction of sp³-hybridized carbons (Fsp3) is 0.632. The molecule has 1 atom stereocenters. The van der Waals surface area contributed by atoms with E-state index >= 15 is 0 Å². The van der Waals surface area contributed by atoms with Crippen molar-refractivity contribution in [1.29, 1.82) is 0 Å². The highest BCUT2D eigenvalue weighted by molar-refractivity contribution is 5.75. The van der Waals surface area contributed by atoms with Crippen molar-refractivity contribution in [2.75, 3.05) is 39.9 Å². The minimum atomic E-state index is -0.192. The number of halogens is 1. The van der Waals surface area contributed by atoms with Crippen LogP contribution in [-0.2, 0) is 14.9 Å². The standard InChI is InChI=1S/C19H27FN2O2/c1-21-18(23)12-15-6-9-22(10-7-15)13-19(8-11-24-14-19)16-2-4-17(20)5-3-16/h2-5,15H,6-14H2,1H3,(H,21,23)/t19-/m0/s1. The molecule has 4 nitrogen and oxygen atoms in total. The number of amides is 1. The van der Waals surface area contributed by atoms with Crippen LogP contribution in [0.1, 0.15) is 31.2 Å². The summed E-state index contributed by atoms with van der Waals surface area (Å²) >= 11 is 0. The summed E-state index contributed by atoms with van der Waals surface area (Å²) in [5, 5.41) is 2.71. The van der Waals surface area contributed by atoms with Crippen LogP contribution in [0.4, 0.5) is 4.39 Å². The Bertz CT molecular complexity index is 547. The first-order valence-corrected chi connectivity index (χ1v) is 8.88. The fourth-order valence-electron chi connectivity index (χ4n) is 4.00. The van der Waals surface area contributed by atoms with E-state index in [1.165, 1.54) is 5.56 Å². The third-order valence-corrected chi connectivity index (χ3v) is 5.55. The Morgan fingerprint density at radius 2 is 2.04 bits per heavy atom. The van der Waals surface area contributed by atoms with Crippen molar-refractivity contribution in [1.82, 2.24) is 10.2 Å². The fourth-order valence-corrected chi connectivity index (χ4v) is 4.00. The lowest BCUT2D eigenvalue weighted by molar-refractivity contribution is -0.121. The molecular weight excluding hydrogens is 307 g/mol. The zero-order valence-electron chi connectivity index (χ0n) is 14.4. The van der Waals surface area contributed by atoms with Crippen LogP contribution in [0.3, 0.4) is 0 Å². The Morgan fingerprint density at radius 1 is 1.33 bits per heavy atom. The normalized spacial score (nSPS) is 25.8. The van der Waals surface area contributed by atoms with Gasteiger partial charge in [-0.1, -0.05) is 12.1 Å². The molecule has 2 heterocycles. The largest absolute Gasteiger partial charge is 0.380 e. The Morgan fingerprint density at radius 3 is 2.62 bits per heavy atom. The first kappa shape index (κ1) is 17.4. The minimum Gasteiger partial charge on any atom is -0.380 e. The van der Waals surface area contributed by atoms with E-state index in [0.717, 1.165) is 45.5 Å². The van der Waals surface area contributed by atoms with E-state index < -0.39 is 0 Å². The molecule has 0 aliphatic carbocycles. The minimum absolute atomic E-state index is 0.0265. The van der Waals surface area contributed by atoms with Crippen molar-refractivity contribution in [3.8, 4) is 0 Å². The molecule has 1 amide bonds. The predicted octanol–water partition coefficient (Wildman–Crippen LogP) is 2.33. The highest BCUT2D eigenvalue weighted by atomic mass is 19.1. The lowest BCUT2D eigenvalue weighted by Crippen LogP contribution is -2.45. The first-order valence-electron chi connectivity index (χ1n) is 8.88. The lowest BCUT2D eigenvalue weighted by Gasteiger charge is -2.38. The van der Waals surface area contributed by atoms with E-state index in [9.17, 15) is 9.18 Å². The third-order valence-electron chi connectivity index (χ3n) is 5.55. The van der Waals surface area contributed by atoms with Gasteiger partial charge in [0.2, 0.25) is 5.91 Å². The maximum atomic E-state index is 13.3. The molecule has 132 valence electrons. The number of benzene rings is 1. The van der Waals surface area contributed by atoms with Crippen LogP contribution in [0.25, 0.3) is 0 Å². The predicted molar refractivity (Wildman–Crippen MR) is 91.4 cm³/mol. The number of hydrogen-bond donors (Lipinski definition) is 1. The molecule has 2 fully saturated rings. The van der Waals surface area contributed by atoms with Gasteiger partial charge in [0.15, 0.2) is 0 Å². The van der Waals surface area contributed by atoms with Crippen LogP contribution in [0.2, 0.25) is 0 Å². The Hall–Kier alpha value is -1.46. The first-order chi connectivity index (χ1) is 11.6. The molecule has 0 aromatic heterocycles. The Kier molecular flexibility index (Phi) is 5.51. The second kappa shape index (κ2) is 7.62. The van der Waals surface area contributed by atoms with Gasteiger partial charge in [0.25, 0.3) is 0 Å². The van der Waals surface area contributed by atoms with Crippen molar-refractivity contribution in [2.45, 2.75) is 31.1 Å². The van der Waals surface area contributed by atoms with Gasteiger partial charge in [0.05, 0.1) is 6.61 Å². The number of ether oxygens (including phenoxy) is 1. The molecule has 0 spiro atoms. The van der Waals surface area contributed by atoms with Crippen molar-refractivity contribution in [3.63, 3.8) is 0 Å². The molecule has 2 saturated heterocycles. The summed E-state index contributed by atoms with van der Waals surface area (Å²) < 4.78 is 19.0. The van der Waals surface area contributed by atoms with Gasteiger partial charge >= 0.3 is 0 Å². The number of nitrogens with zero attached hydrogens (tertiary/aromatic N) is 1. The van der Waals surface area contributed by atoms with E-state index in [-0.39, 0.29) is 17.1 Å². The maximum absolute atomic E-state index is 13.3. The summed E-state index contributed by atoms with van der Waals surface area (Å²) in [6.45, 7) is 4.46. The molecule has 2 aliphatic heterocycles. The Balaban J connectivity index is 1.61. The number of carbonyl (C=O) groups is 1. The second-order valence-electron chi connectivity index (χ2n) is 7.19. The van der Waals surface area contributed by atoms with Crippen molar-refractivity contribution >= 4 is 5.91 Å². The lowest BCUT2D eigenvalue weighted by atomic mass is 9.78. The third kappa shape index (κ3) is 3.95. The molecule has 3 rings (SSSR count). The summed E-state index contributed by atoms with van der Waals surface area (Å²) in [5.74, 6) is 0.436. The zero-order valence-corrected chi connectivity index (χ0v) is 14.4. The van der Waals surface area contributed by atoms with Crippen molar-refractivity contribution < 1.29 is 13.9 Å². The van der Waals surface area contributed by atoms with E-state index in [0.29, 0.717) is 18.9 Å². The van der Waals surface area contributed by atoms with Crippen LogP contribution in [0.15, 0.2) is 24.3 Å². The van der Waals surface area contributed by atoms with Gasteiger partial charge in [0, 0.05) is 32.0 Å². The number of carbonyl (C=O) groups excluding carboxylic acids is 1. The summed E-state index contributed by atoms with van der Waals surface area (Å²) in [4.78, 5) is 14.0. The molecule has 1 aromatic carbocycles. The second-order valence-corrected chi connectivity index (χ2v) is 7.19. The number of piperidine rings is 1. The molecule has 24 heavy (non-hydrogen) atoms. The summed E-state index contributed by atoms with van der Waals surface area (Å²) in [6, 6.07) is 6.90. The van der Waals surface area contributed by atoms with E-state index in [4.69, 9.17) is 4.74 Å². The van der Waals surface area contributed by atoms with Gasteiger partial charge in [-0.25, -0.2) is 4.39 Å². The molecule has 1 aromatic rings. The highest BCUT2D eigenvalue weighted by Crippen LogP contribution is 2.35. The SMILES string of the molecule is CNC(=O)CC1CCN(C[C@@]2(c3ccc(F)cc3)CCOC2)CC1. The van der Waals surface area contributed by atoms with E-state index in [1.807, 2.05) is 12.1 Å². The van der Waals surface area contributed by atoms with Gasteiger partial charge < -0.3 is 15.0 Å². The molecule has 5 heteroatoms. The highest BCUT2D eigenvalue weighted by Gasteiger charge is 2.39. The number of nitrogens with one attached hydrogen (secondary N) is 1. The van der Waals surface area contributed by atoms with Crippen molar-refractivity contribution in [3.05, 3.63) is 35.6 Å². The van der Waals surface area contributed by atoms with Crippen LogP contribution < -0.4 is 5.32 Å². The number of likely N-dealkylation sites (tertiary alicyclic amines) is 1. The molecule has 0 unspecified atom stereocenters. The van der Waals surface area contributed by atoms with E-state index in [2.05, 4.69) is 10.2 Å². The van der Waals surface area contributed by atoms with Crippen molar-refractivity contribution in [2.24, 2.45) is 5.92 Å². The summed E-state index contributed by atoms with van der Waals surface area (Å²) in [7, 11) is 1.70. The Labute approximate surface area is 143 Å². The van der Waals surface area contributed by atoms with Gasteiger partial charge in [0.1, 0.15) is 5.82 Å². The molecule has 2 aliphatic rings. The topological polar surface area (TPSA) is 41.6 Å². The van der Waals surface area contributed by atoms with Gasteiger partial charge in [-0.05, 0) is 56.0 Å². The van der Waals surface area contributed by atoms with Gasteiger partial charge in [-0.2, -0.15) is 0 Å². The van der Waals surface area contributed by atoms with Crippen LogP contribution in [-0.4, -0.2) is 50.7 Å². The maximum Gasteiger partial charge on any atom is 0.220 e. The molecule has 0 radical (unpaired) electrons. The molecular formula is C19H27FN2O2. The number of rotatable bonds is 5. The van der Waals surface area contributed by atoms with Crippen LogP contribution in [0, 0.1) is 11.7 Å².